The van der Waals surface area contributed by atoms with Gasteiger partial charge < -0.3 is 15.1 Å². The minimum Gasteiger partial charge on any atom is -0.480 e. The maximum Gasteiger partial charge on any atom is 0.326 e. The third-order valence-corrected chi connectivity index (χ3v) is 2.61. The van der Waals surface area contributed by atoms with E-state index in [-0.39, 0.29) is 18.7 Å². The van der Waals surface area contributed by atoms with Gasteiger partial charge in [0.05, 0.1) is 12.3 Å². The molecule has 1 amide bonds. The quantitative estimate of drug-likeness (QED) is 0.693. The van der Waals surface area contributed by atoms with Crippen LogP contribution in [-0.4, -0.2) is 55.6 Å². The number of carbonyl (C=O) groups excluding carboxylic acids is 1. The fourth-order valence-electron chi connectivity index (χ4n) is 1.83. The third-order valence-electron chi connectivity index (χ3n) is 2.61. The summed E-state index contributed by atoms with van der Waals surface area (Å²) in [5, 5.41) is 18.4. The zero-order valence-electron chi connectivity index (χ0n) is 8.85. The number of β-amino-alcohol motifs (C(OH)–C–C–N with tert-alkyl or cyclic N) is 1. The lowest BCUT2D eigenvalue weighted by molar-refractivity contribution is -0.141. The summed E-state index contributed by atoms with van der Waals surface area (Å²) in [6.45, 7) is 0.00632. The minimum absolute atomic E-state index is 0.00632. The largest absolute Gasteiger partial charge is 0.480 e. The average Bonchev–Trinajstić information content (AvgIpc) is 2.72. The highest BCUT2D eigenvalue weighted by Crippen LogP contribution is 2.19. The van der Waals surface area contributed by atoms with Gasteiger partial charge in [-0.2, -0.15) is 0 Å². The molecule has 0 radical (unpaired) electrons. The molecule has 0 aromatic carbocycles. The van der Waals surface area contributed by atoms with Gasteiger partial charge in [0.25, 0.3) is 5.91 Å². The van der Waals surface area contributed by atoms with E-state index >= 15 is 0 Å². The number of carbonyl (C=O) groups is 2. The maximum absolute atomic E-state index is 12.0. The Kier molecular flexibility index (Phi) is 3.01. The molecule has 0 saturated carbocycles. The number of amides is 1. The van der Waals surface area contributed by atoms with Crippen LogP contribution in [0.25, 0.3) is 0 Å². The highest BCUT2D eigenvalue weighted by atomic mass is 16.4. The molecule has 1 aromatic heterocycles. The number of hydrogen-bond donors (Lipinski definition) is 2. The second-order valence-corrected chi connectivity index (χ2v) is 3.79. The van der Waals surface area contributed by atoms with Gasteiger partial charge in [-0.3, -0.25) is 9.78 Å². The smallest absolute Gasteiger partial charge is 0.326 e. The van der Waals surface area contributed by atoms with Crippen LogP contribution in [0.3, 0.4) is 0 Å². The Hall–Kier alpha value is -2.02. The van der Waals surface area contributed by atoms with Gasteiger partial charge in [0.15, 0.2) is 0 Å². The van der Waals surface area contributed by atoms with E-state index in [9.17, 15) is 14.7 Å². The van der Waals surface area contributed by atoms with E-state index < -0.39 is 24.0 Å². The van der Waals surface area contributed by atoms with Gasteiger partial charge in [-0.05, 0) is 0 Å². The van der Waals surface area contributed by atoms with Crippen molar-refractivity contribution in [3.05, 3.63) is 24.3 Å². The molecule has 1 aliphatic rings. The summed E-state index contributed by atoms with van der Waals surface area (Å²) in [5.74, 6) is -1.65. The molecule has 90 valence electrons. The topological polar surface area (TPSA) is 104 Å². The molecule has 0 aliphatic carbocycles. The highest BCUT2D eigenvalue weighted by Gasteiger charge is 2.39. The van der Waals surface area contributed by atoms with E-state index in [0.29, 0.717) is 0 Å². The zero-order chi connectivity index (χ0) is 12.4. The highest BCUT2D eigenvalue weighted by molar-refractivity contribution is 5.95. The van der Waals surface area contributed by atoms with Crippen molar-refractivity contribution in [1.82, 2.24) is 14.9 Å². The van der Waals surface area contributed by atoms with Crippen LogP contribution in [0.2, 0.25) is 0 Å². The summed E-state index contributed by atoms with van der Waals surface area (Å²) in [5.41, 5.74) is 0.0767. The predicted octanol–water partition coefficient (Wildman–Crippen LogP) is -0.863. The molecule has 1 aliphatic heterocycles. The van der Waals surface area contributed by atoms with Crippen molar-refractivity contribution in [2.75, 3.05) is 6.54 Å². The van der Waals surface area contributed by atoms with E-state index in [4.69, 9.17) is 5.11 Å². The number of rotatable bonds is 2. The first kappa shape index (κ1) is 11.5. The van der Waals surface area contributed by atoms with E-state index in [1.807, 2.05) is 0 Å². The number of aliphatic hydroxyl groups excluding tert-OH is 1. The maximum atomic E-state index is 12.0. The lowest BCUT2D eigenvalue weighted by Gasteiger charge is -2.20. The number of hydrogen-bond acceptors (Lipinski definition) is 5. The number of nitrogens with zero attached hydrogens (tertiary/aromatic N) is 3. The van der Waals surface area contributed by atoms with Gasteiger partial charge in [-0.25, -0.2) is 9.78 Å². The van der Waals surface area contributed by atoms with Crippen molar-refractivity contribution in [3.63, 3.8) is 0 Å². The molecule has 2 rings (SSSR count). The van der Waals surface area contributed by atoms with Crippen molar-refractivity contribution in [2.24, 2.45) is 0 Å². The minimum atomic E-state index is -1.13. The van der Waals surface area contributed by atoms with Crippen molar-refractivity contribution in [3.8, 4) is 0 Å². The average molecular weight is 237 g/mol. The molecule has 0 unspecified atom stereocenters. The summed E-state index contributed by atoms with van der Waals surface area (Å²) in [6, 6.07) is -1.00. The van der Waals surface area contributed by atoms with Crippen LogP contribution < -0.4 is 0 Å². The Balaban J connectivity index is 2.22. The van der Waals surface area contributed by atoms with E-state index in [2.05, 4.69) is 9.97 Å². The molecule has 0 spiro atoms. The second kappa shape index (κ2) is 4.46. The molecule has 1 saturated heterocycles. The number of carboxylic acid groups (broad SMARTS) is 1. The molecule has 1 fully saturated rings. The molecule has 0 bridgehead atoms. The van der Waals surface area contributed by atoms with E-state index in [1.54, 1.807) is 0 Å². The van der Waals surface area contributed by atoms with Gasteiger partial charge in [-0.1, -0.05) is 0 Å². The Morgan fingerprint density at radius 1 is 1.41 bits per heavy atom. The Morgan fingerprint density at radius 2 is 2.18 bits per heavy atom. The SMILES string of the molecule is O=C(O)[C@H]1C[C@@H](O)CN1C(=O)c1cnccn1. The fourth-order valence-corrected chi connectivity index (χ4v) is 1.83. The van der Waals surface area contributed by atoms with Crippen LogP contribution in [0, 0.1) is 0 Å². The van der Waals surface area contributed by atoms with Crippen LogP contribution in [0.15, 0.2) is 18.6 Å². The molecular weight excluding hydrogens is 226 g/mol. The molecule has 2 N–H and O–H groups in total. The van der Waals surface area contributed by atoms with Crippen LogP contribution in [0.4, 0.5) is 0 Å². The number of aromatic nitrogens is 2. The first-order chi connectivity index (χ1) is 8.09. The first-order valence-electron chi connectivity index (χ1n) is 5.07. The van der Waals surface area contributed by atoms with Crippen molar-refractivity contribution in [2.45, 2.75) is 18.6 Å². The van der Waals surface area contributed by atoms with Crippen molar-refractivity contribution < 1.29 is 19.8 Å². The molecule has 2 atom stereocenters. The van der Waals surface area contributed by atoms with Gasteiger partial charge in [-0.15, -0.1) is 0 Å². The Bertz CT molecular complexity index is 436. The summed E-state index contributed by atoms with van der Waals surface area (Å²) in [7, 11) is 0. The molecular formula is C10H11N3O4. The van der Waals surface area contributed by atoms with Gasteiger partial charge in [0.2, 0.25) is 0 Å². The lowest BCUT2D eigenvalue weighted by atomic mass is 10.2. The van der Waals surface area contributed by atoms with E-state index in [1.165, 1.54) is 18.6 Å². The van der Waals surface area contributed by atoms with E-state index in [0.717, 1.165) is 4.90 Å². The van der Waals surface area contributed by atoms with Crippen molar-refractivity contribution in [1.29, 1.82) is 0 Å². The summed E-state index contributed by atoms with van der Waals surface area (Å²) < 4.78 is 0. The number of likely N-dealkylation sites (tertiary alicyclic amines) is 1. The summed E-state index contributed by atoms with van der Waals surface area (Å²) in [4.78, 5) is 31.6. The number of carboxylic acids is 1. The normalized spacial score (nSPS) is 23.7. The van der Waals surface area contributed by atoms with Crippen LogP contribution in [0.1, 0.15) is 16.9 Å². The third kappa shape index (κ3) is 2.23. The molecule has 17 heavy (non-hydrogen) atoms. The van der Waals surface area contributed by atoms with Gasteiger partial charge >= 0.3 is 5.97 Å². The van der Waals surface area contributed by atoms with Gasteiger partial charge in [0.1, 0.15) is 11.7 Å². The lowest BCUT2D eigenvalue weighted by Crippen LogP contribution is -2.40. The zero-order valence-corrected chi connectivity index (χ0v) is 8.85. The van der Waals surface area contributed by atoms with Crippen LogP contribution >= 0.6 is 0 Å². The monoisotopic (exact) mass is 237 g/mol. The van der Waals surface area contributed by atoms with Crippen LogP contribution in [0.5, 0.6) is 0 Å². The fraction of sp³-hybridized carbons (Fsp3) is 0.400. The summed E-state index contributed by atoms with van der Waals surface area (Å²) >= 11 is 0. The predicted molar refractivity (Wildman–Crippen MR) is 55.1 cm³/mol. The molecule has 7 heteroatoms. The molecule has 7 nitrogen and oxygen atoms in total. The summed E-state index contributed by atoms with van der Waals surface area (Å²) in [6.07, 6.45) is 3.28. The number of aliphatic carboxylic acids is 1. The van der Waals surface area contributed by atoms with Crippen molar-refractivity contribution >= 4 is 11.9 Å². The van der Waals surface area contributed by atoms with Gasteiger partial charge in [0, 0.05) is 25.4 Å². The standard InChI is InChI=1S/C10H11N3O4/c14-6-3-8(10(16)17)13(5-6)9(15)7-4-11-1-2-12-7/h1-2,4,6,8,14H,3,5H2,(H,16,17)/t6-,8-/m1/s1. The van der Waals surface area contributed by atoms with Crippen LogP contribution in [-0.2, 0) is 4.79 Å². The Labute approximate surface area is 96.7 Å². The Morgan fingerprint density at radius 3 is 2.76 bits per heavy atom. The number of aliphatic hydroxyl groups is 1. The first-order valence-corrected chi connectivity index (χ1v) is 5.07. The second-order valence-electron chi connectivity index (χ2n) is 3.79. The molecule has 1 aromatic rings. The molecule has 2 heterocycles.